The van der Waals surface area contributed by atoms with Gasteiger partial charge < -0.3 is 19.5 Å². The monoisotopic (exact) mass is 452 g/mol. The zero-order chi connectivity index (χ0) is 22.4. The van der Waals surface area contributed by atoms with Crippen molar-refractivity contribution in [3.8, 4) is 0 Å². The summed E-state index contributed by atoms with van der Waals surface area (Å²) in [6.45, 7) is 3.85. The quantitative estimate of drug-likeness (QED) is 0.740. The van der Waals surface area contributed by atoms with Crippen LogP contribution in [0, 0.1) is 0 Å². The van der Waals surface area contributed by atoms with Crippen LogP contribution in [0.3, 0.4) is 0 Å². The van der Waals surface area contributed by atoms with Crippen LogP contribution in [0.1, 0.15) is 24.8 Å². The van der Waals surface area contributed by atoms with E-state index in [1.165, 1.54) is 5.56 Å². The topological polar surface area (TPSA) is 79.3 Å². The molecule has 3 heterocycles. The van der Waals surface area contributed by atoms with Crippen LogP contribution in [0.5, 0.6) is 0 Å². The summed E-state index contributed by atoms with van der Waals surface area (Å²) in [5.74, 6) is -2.75. The van der Waals surface area contributed by atoms with Gasteiger partial charge in [-0.05, 0) is 41.8 Å². The Morgan fingerprint density at radius 1 is 1.43 bits per heavy atom. The number of aliphatic carboxylic acids is 1. The number of piperidine rings is 1. The third kappa shape index (κ3) is 7.53. The highest BCUT2D eigenvalue weighted by atomic mass is 32.1. The van der Waals surface area contributed by atoms with E-state index in [2.05, 4.69) is 21.7 Å². The first-order chi connectivity index (χ1) is 14.0. The first-order valence-corrected chi connectivity index (χ1v) is 10.4. The summed E-state index contributed by atoms with van der Waals surface area (Å²) in [5.41, 5.74) is 1.30. The van der Waals surface area contributed by atoms with E-state index in [1.54, 1.807) is 30.3 Å². The number of carbonyl (C=O) groups excluding carboxylic acids is 1. The summed E-state index contributed by atoms with van der Waals surface area (Å²) in [6, 6.07) is 2.19. The van der Waals surface area contributed by atoms with Crippen LogP contribution < -0.4 is 0 Å². The molecule has 170 valence electrons. The van der Waals surface area contributed by atoms with Gasteiger partial charge in [-0.3, -0.25) is 9.69 Å². The molecule has 2 saturated heterocycles. The number of likely N-dealkylation sites (tertiary alicyclic amines) is 1. The SMILES string of the molecule is CN(C)C(=O)CO[C@H]1CO[C@@]2(CCCN(Cc3ccsc3)C2)C1.O=C(O)C(F)(F)F. The largest absolute Gasteiger partial charge is 0.490 e. The number of alkyl halides is 3. The number of halogens is 3. The molecule has 11 heteroatoms. The van der Waals surface area contributed by atoms with Gasteiger partial charge in [0.05, 0.1) is 18.3 Å². The van der Waals surface area contributed by atoms with E-state index in [4.69, 9.17) is 19.4 Å². The second-order valence-electron chi connectivity index (χ2n) is 7.67. The molecule has 3 rings (SSSR count). The van der Waals surface area contributed by atoms with E-state index in [-0.39, 0.29) is 24.2 Å². The average Bonchev–Trinajstić information content (AvgIpc) is 3.30. The molecule has 0 radical (unpaired) electrons. The molecule has 0 unspecified atom stereocenters. The highest BCUT2D eigenvalue weighted by molar-refractivity contribution is 7.07. The molecule has 0 saturated carbocycles. The standard InChI is InChI=1S/C17H26N2O3S.C2HF3O2/c1-18(2)16(20)11-21-15-8-17(22-10-15)5-3-6-19(13-17)9-14-4-7-23-12-14;3-2(4,5)1(6)7/h4,7,12,15H,3,5-6,8-11,13H2,1-2H3;(H,6,7)/t15-,17+;/m1./s1. The number of carboxylic acid groups (broad SMARTS) is 1. The van der Waals surface area contributed by atoms with Crippen molar-refractivity contribution in [2.45, 2.75) is 43.7 Å². The minimum Gasteiger partial charge on any atom is -0.475 e. The van der Waals surface area contributed by atoms with E-state index in [9.17, 15) is 18.0 Å². The van der Waals surface area contributed by atoms with Gasteiger partial charge in [-0.25, -0.2) is 4.79 Å². The fraction of sp³-hybridized carbons (Fsp3) is 0.684. The molecule has 2 aliphatic rings. The third-order valence-electron chi connectivity index (χ3n) is 4.96. The van der Waals surface area contributed by atoms with Gasteiger partial charge in [-0.15, -0.1) is 0 Å². The predicted molar refractivity (Wildman–Crippen MR) is 104 cm³/mol. The number of hydrogen-bond acceptors (Lipinski definition) is 6. The summed E-state index contributed by atoms with van der Waals surface area (Å²) in [7, 11) is 3.50. The number of nitrogens with zero attached hydrogens (tertiary/aromatic N) is 2. The Kier molecular flexibility index (Phi) is 8.65. The Bertz CT molecular complexity index is 699. The molecule has 0 aromatic carbocycles. The zero-order valence-electron chi connectivity index (χ0n) is 17.0. The van der Waals surface area contributed by atoms with Gasteiger partial charge in [0.1, 0.15) is 6.61 Å². The molecule has 7 nitrogen and oxygen atoms in total. The van der Waals surface area contributed by atoms with Crippen LogP contribution in [0.4, 0.5) is 13.2 Å². The second-order valence-corrected chi connectivity index (χ2v) is 8.45. The molecule has 2 aliphatic heterocycles. The van der Waals surface area contributed by atoms with Gasteiger partial charge in [0.2, 0.25) is 5.91 Å². The number of carboxylic acids is 1. The van der Waals surface area contributed by atoms with E-state index in [0.29, 0.717) is 6.61 Å². The van der Waals surface area contributed by atoms with Crippen molar-refractivity contribution >= 4 is 23.2 Å². The Hall–Kier alpha value is -1.69. The molecule has 0 aliphatic carbocycles. The van der Waals surface area contributed by atoms with Crippen LogP contribution in [0.15, 0.2) is 16.8 Å². The van der Waals surface area contributed by atoms with Gasteiger partial charge in [0, 0.05) is 33.6 Å². The molecular weight excluding hydrogens is 425 g/mol. The van der Waals surface area contributed by atoms with Crippen LogP contribution in [0.25, 0.3) is 0 Å². The van der Waals surface area contributed by atoms with Gasteiger partial charge >= 0.3 is 12.1 Å². The molecule has 1 aromatic rings. The smallest absolute Gasteiger partial charge is 0.475 e. The van der Waals surface area contributed by atoms with E-state index >= 15 is 0 Å². The van der Waals surface area contributed by atoms with Crippen molar-refractivity contribution in [3.63, 3.8) is 0 Å². The summed E-state index contributed by atoms with van der Waals surface area (Å²) in [6.07, 6.45) is -1.89. The third-order valence-corrected chi connectivity index (χ3v) is 5.70. The summed E-state index contributed by atoms with van der Waals surface area (Å²) in [4.78, 5) is 24.6. The summed E-state index contributed by atoms with van der Waals surface area (Å²) < 4.78 is 43.6. The van der Waals surface area contributed by atoms with Gasteiger partial charge in [-0.1, -0.05) is 0 Å². The minimum atomic E-state index is -5.08. The molecule has 2 atom stereocenters. The fourth-order valence-electron chi connectivity index (χ4n) is 3.48. The first kappa shape index (κ1) is 24.6. The zero-order valence-corrected chi connectivity index (χ0v) is 17.8. The van der Waals surface area contributed by atoms with Crippen molar-refractivity contribution in [2.75, 3.05) is 40.4 Å². The van der Waals surface area contributed by atoms with Crippen molar-refractivity contribution in [1.82, 2.24) is 9.80 Å². The van der Waals surface area contributed by atoms with Crippen molar-refractivity contribution < 1.29 is 37.3 Å². The number of thiophene rings is 1. The van der Waals surface area contributed by atoms with E-state index < -0.39 is 12.1 Å². The van der Waals surface area contributed by atoms with Crippen LogP contribution in [0.2, 0.25) is 0 Å². The maximum atomic E-state index is 11.6. The predicted octanol–water partition coefficient (Wildman–Crippen LogP) is 2.61. The van der Waals surface area contributed by atoms with Crippen LogP contribution >= 0.6 is 11.3 Å². The van der Waals surface area contributed by atoms with Gasteiger partial charge in [-0.2, -0.15) is 24.5 Å². The van der Waals surface area contributed by atoms with E-state index in [1.807, 2.05) is 0 Å². The lowest BCUT2D eigenvalue weighted by atomic mass is 9.89. The molecule has 1 aromatic heterocycles. The summed E-state index contributed by atoms with van der Waals surface area (Å²) >= 11 is 1.75. The number of hydrogen-bond donors (Lipinski definition) is 1. The Morgan fingerprint density at radius 2 is 2.13 bits per heavy atom. The molecule has 1 amide bonds. The molecule has 30 heavy (non-hydrogen) atoms. The summed E-state index contributed by atoms with van der Waals surface area (Å²) in [5, 5.41) is 11.5. The van der Waals surface area contributed by atoms with Gasteiger partial charge in [0.15, 0.2) is 0 Å². The maximum Gasteiger partial charge on any atom is 0.490 e. The highest BCUT2D eigenvalue weighted by Crippen LogP contribution is 2.36. The Labute approximate surface area is 177 Å². The number of likely N-dealkylation sites (N-methyl/N-ethyl adjacent to an activating group) is 1. The first-order valence-electron chi connectivity index (χ1n) is 9.50. The highest BCUT2D eigenvalue weighted by Gasteiger charge is 2.44. The normalized spacial score (nSPS) is 24.4. The van der Waals surface area contributed by atoms with E-state index in [0.717, 1.165) is 38.9 Å². The lowest BCUT2D eigenvalue weighted by Gasteiger charge is -2.39. The Morgan fingerprint density at radius 3 is 2.70 bits per heavy atom. The maximum absolute atomic E-state index is 11.6. The molecule has 2 fully saturated rings. The number of rotatable bonds is 5. The van der Waals surface area contributed by atoms with Crippen LogP contribution in [-0.4, -0.2) is 85.1 Å². The Balaban J connectivity index is 0.000000396. The lowest BCUT2D eigenvalue weighted by molar-refractivity contribution is -0.192. The molecular formula is C19H27F3N2O5S. The number of carbonyl (C=O) groups is 2. The van der Waals surface area contributed by atoms with Gasteiger partial charge in [0.25, 0.3) is 0 Å². The van der Waals surface area contributed by atoms with Crippen molar-refractivity contribution in [2.24, 2.45) is 0 Å². The van der Waals surface area contributed by atoms with Crippen molar-refractivity contribution in [3.05, 3.63) is 22.4 Å². The minimum absolute atomic E-state index is 0.00804. The van der Waals surface area contributed by atoms with Crippen LogP contribution in [-0.2, 0) is 25.6 Å². The number of ether oxygens (including phenoxy) is 2. The fourth-order valence-corrected chi connectivity index (χ4v) is 4.14. The lowest BCUT2D eigenvalue weighted by Crippen LogP contribution is -2.47. The molecule has 0 bridgehead atoms. The molecule has 1 spiro atoms. The second kappa shape index (κ2) is 10.6. The number of amides is 1. The average molecular weight is 452 g/mol. The van der Waals surface area contributed by atoms with Crippen molar-refractivity contribution in [1.29, 1.82) is 0 Å². The molecule has 1 N–H and O–H groups in total.